The number of rotatable bonds is 4. The zero-order chi connectivity index (χ0) is 16.7. The fourth-order valence-electron chi connectivity index (χ4n) is 3.87. The lowest BCUT2D eigenvalue weighted by Crippen LogP contribution is -2.47. The maximum atomic E-state index is 12.9. The monoisotopic (exact) mass is 386 g/mol. The summed E-state index contributed by atoms with van der Waals surface area (Å²) in [6.45, 7) is 0.210. The molecule has 1 amide bonds. The van der Waals surface area contributed by atoms with Crippen LogP contribution in [0.2, 0.25) is 0 Å². The zero-order valence-electron chi connectivity index (χ0n) is 13.2. The molecule has 124 valence electrons. The molecule has 1 atom stereocenters. The summed E-state index contributed by atoms with van der Waals surface area (Å²) < 4.78 is 0.976. The van der Waals surface area contributed by atoms with Crippen LogP contribution >= 0.6 is 15.9 Å². The fourth-order valence-corrected chi connectivity index (χ4v) is 4.29. The fraction of sp³-hybridized carbons (Fsp3) is 0.368. The Balaban J connectivity index is 1.67. The molecule has 4 nitrogen and oxygen atoms in total. The van der Waals surface area contributed by atoms with Gasteiger partial charge >= 0.3 is 0 Å². The smallest absolute Gasteiger partial charge is 0.254 e. The van der Waals surface area contributed by atoms with Crippen LogP contribution in [0.15, 0.2) is 47.1 Å². The number of benzene rings is 1. The lowest BCUT2D eigenvalue weighted by molar-refractivity contribution is 0.0225. The summed E-state index contributed by atoms with van der Waals surface area (Å²) in [5.74, 6) is 0.442. The van der Waals surface area contributed by atoms with Gasteiger partial charge in [0.2, 0.25) is 0 Å². The number of aliphatic hydroxyl groups excluding tert-OH is 1. The largest absolute Gasteiger partial charge is 0.396 e. The average molecular weight is 387 g/mol. The van der Waals surface area contributed by atoms with Gasteiger partial charge in [-0.1, -0.05) is 18.2 Å². The Labute approximate surface area is 149 Å². The molecule has 1 aliphatic heterocycles. The van der Waals surface area contributed by atoms with E-state index in [2.05, 4.69) is 27.0 Å². The predicted octanol–water partition coefficient (Wildman–Crippen LogP) is 3.35. The molecule has 1 aliphatic carbocycles. The lowest BCUT2D eigenvalue weighted by Gasteiger charge is -2.43. The van der Waals surface area contributed by atoms with E-state index in [-0.39, 0.29) is 24.6 Å². The third-order valence-corrected chi connectivity index (χ3v) is 5.93. The van der Waals surface area contributed by atoms with Gasteiger partial charge in [0.05, 0.1) is 11.7 Å². The van der Waals surface area contributed by atoms with Crippen molar-refractivity contribution in [2.24, 2.45) is 5.92 Å². The summed E-state index contributed by atoms with van der Waals surface area (Å²) in [4.78, 5) is 19.5. The van der Waals surface area contributed by atoms with Crippen LogP contribution < -0.4 is 0 Å². The molecule has 1 saturated carbocycles. The van der Waals surface area contributed by atoms with Crippen LogP contribution in [-0.2, 0) is 6.42 Å². The first kappa shape index (κ1) is 15.8. The first-order chi connectivity index (χ1) is 11.7. The molecule has 2 aromatic rings. The Hall–Kier alpha value is -1.72. The van der Waals surface area contributed by atoms with E-state index in [0.29, 0.717) is 12.3 Å². The normalized spacial score (nSPS) is 25.5. The zero-order valence-corrected chi connectivity index (χ0v) is 14.8. The molecule has 1 fully saturated rings. The number of hydrogen-bond donors (Lipinski definition) is 1. The van der Waals surface area contributed by atoms with Crippen LogP contribution in [-0.4, -0.2) is 33.5 Å². The number of hydrogen-bond acceptors (Lipinski definition) is 3. The molecule has 0 bridgehead atoms. The third kappa shape index (κ3) is 2.56. The standard InChI is InChI=1S/C19H19BrN2O2/c20-16-6-3-7-21-17(16)10-18-14-4-1-2-5-15(14)19(24)22(18)13-8-12(9-13)11-23/h1-7,12-13,18,23H,8-11H2. The van der Waals surface area contributed by atoms with Gasteiger partial charge in [-0.15, -0.1) is 0 Å². The lowest BCUT2D eigenvalue weighted by atomic mass is 9.79. The van der Waals surface area contributed by atoms with Crippen LogP contribution in [0.25, 0.3) is 0 Å². The van der Waals surface area contributed by atoms with Crippen LogP contribution in [0.4, 0.5) is 0 Å². The predicted molar refractivity (Wildman–Crippen MR) is 94.6 cm³/mol. The Morgan fingerprint density at radius 1 is 1.21 bits per heavy atom. The summed E-state index contributed by atoms with van der Waals surface area (Å²) in [5, 5.41) is 9.30. The molecular weight excluding hydrogens is 368 g/mol. The minimum absolute atomic E-state index is 0.0181. The van der Waals surface area contributed by atoms with Gasteiger partial charge in [-0.05, 0) is 58.5 Å². The molecule has 0 radical (unpaired) electrons. The summed E-state index contributed by atoms with van der Waals surface area (Å²) in [6.07, 6.45) is 4.26. The number of fused-ring (bicyclic) bond motifs is 1. The van der Waals surface area contributed by atoms with E-state index in [4.69, 9.17) is 0 Å². The quantitative estimate of drug-likeness (QED) is 0.876. The Morgan fingerprint density at radius 2 is 2.00 bits per heavy atom. The molecule has 1 aromatic carbocycles. The molecule has 0 spiro atoms. The molecule has 2 aliphatic rings. The molecule has 24 heavy (non-hydrogen) atoms. The molecule has 1 N–H and O–H groups in total. The Bertz CT molecular complexity index is 773. The number of pyridine rings is 1. The molecular formula is C19H19BrN2O2. The molecule has 4 rings (SSSR count). The van der Waals surface area contributed by atoms with E-state index in [0.717, 1.165) is 34.1 Å². The molecule has 1 aromatic heterocycles. The number of amides is 1. The highest BCUT2D eigenvalue weighted by atomic mass is 79.9. The Kier molecular flexibility index (Phi) is 4.14. The SMILES string of the molecule is O=C1c2ccccc2C(Cc2ncccc2Br)N1C1CC(CO)C1. The number of aliphatic hydroxyl groups is 1. The number of halogens is 1. The van der Waals surface area contributed by atoms with Gasteiger partial charge in [-0.3, -0.25) is 9.78 Å². The van der Waals surface area contributed by atoms with Gasteiger partial charge in [0.25, 0.3) is 5.91 Å². The first-order valence-corrected chi connectivity index (χ1v) is 9.10. The van der Waals surface area contributed by atoms with Crippen molar-refractivity contribution >= 4 is 21.8 Å². The highest BCUT2D eigenvalue weighted by Gasteiger charge is 2.45. The van der Waals surface area contributed by atoms with Crippen molar-refractivity contribution in [1.29, 1.82) is 0 Å². The van der Waals surface area contributed by atoms with E-state index in [1.54, 1.807) is 6.20 Å². The summed E-state index contributed by atoms with van der Waals surface area (Å²) in [6, 6.07) is 12.0. The van der Waals surface area contributed by atoms with Gasteiger partial charge in [0, 0.05) is 35.3 Å². The van der Waals surface area contributed by atoms with Crippen molar-refractivity contribution in [3.8, 4) is 0 Å². The van der Waals surface area contributed by atoms with Gasteiger partial charge < -0.3 is 10.0 Å². The number of aromatic nitrogens is 1. The topological polar surface area (TPSA) is 53.4 Å². The summed E-state index contributed by atoms with van der Waals surface area (Å²) in [7, 11) is 0. The van der Waals surface area contributed by atoms with E-state index in [1.165, 1.54) is 0 Å². The minimum atomic E-state index is 0.0181. The number of carbonyl (C=O) groups is 1. The summed E-state index contributed by atoms with van der Waals surface area (Å²) in [5.41, 5.74) is 2.87. The first-order valence-electron chi connectivity index (χ1n) is 8.31. The minimum Gasteiger partial charge on any atom is -0.396 e. The van der Waals surface area contributed by atoms with Crippen LogP contribution in [0, 0.1) is 5.92 Å². The van der Waals surface area contributed by atoms with Crippen molar-refractivity contribution in [3.63, 3.8) is 0 Å². The van der Waals surface area contributed by atoms with Crippen LogP contribution in [0.3, 0.4) is 0 Å². The van der Waals surface area contributed by atoms with E-state index in [1.807, 2.05) is 35.2 Å². The highest BCUT2D eigenvalue weighted by molar-refractivity contribution is 9.10. The van der Waals surface area contributed by atoms with Gasteiger partial charge in [-0.2, -0.15) is 0 Å². The maximum absolute atomic E-state index is 12.9. The third-order valence-electron chi connectivity index (χ3n) is 5.20. The van der Waals surface area contributed by atoms with Crippen LogP contribution in [0.5, 0.6) is 0 Å². The van der Waals surface area contributed by atoms with Crippen molar-refractivity contribution in [2.75, 3.05) is 6.61 Å². The number of nitrogens with zero attached hydrogens (tertiary/aromatic N) is 2. The van der Waals surface area contributed by atoms with Gasteiger partial charge in [0.1, 0.15) is 0 Å². The molecule has 1 unspecified atom stereocenters. The van der Waals surface area contributed by atoms with Crippen molar-refractivity contribution < 1.29 is 9.90 Å². The van der Waals surface area contributed by atoms with Gasteiger partial charge in [-0.25, -0.2) is 0 Å². The number of carbonyl (C=O) groups excluding carboxylic acids is 1. The second kappa shape index (κ2) is 6.30. The molecule has 5 heteroatoms. The van der Waals surface area contributed by atoms with E-state index in [9.17, 15) is 9.90 Å². The van der Waals surface area contributed by atoms with E-state index >= 15 is 0 Å². The van der Waals surface area contributed by atoms with Crippen molar-refractivity contribution in [1.82, 2.24) is 9.88 Å². The van der Waals surface area contributed by atoms with Crippen LogP contribution in [0.1, 0.15) is 40.5 Å². The second-order valence-corrected chi connectivity index (χ2v) is 7.48. The van der Waals surface area contributed by atoms with Crippen molar-refractivity contribution in [2.45, 2.75) is 31.3 Å². The maximum Gasteiger partial charge on any atom is 0.254 e. The Morgan fingerprint density at radius 3 is 2.75 bits per heavy atom. The van der Waals surface area contributed by atoms with Gasteiger partial charge in [0.15, 0.2) is 0 Å². The molecule has 2 heterocycles. The van der Waals surface area contributed by atoms with E-state index < -0.39 is 0 Å². The summed E-state index contributed by atoms with van der Waals surface area (Å²) >= 11 is 3.57. The second-order valence-electron chi connectivity index (χ2n) is 6.63. The molecule has 0 saturated heterocycles. The highest BCUT2D eigenvalue weighted by Crippen LogP contribution is 2.43. The van der Waals surface area contributed by atoms with Crippen molar-refractivity contribution in [3.05, 3.63) is 63.9 Å². The average Bonchev–Trinajstić information content (AvgIpc) is 2.82.